The van der Waals surface area contributed by atoms with Crippen molar-refractivity contribution in [3.8, 4) is 0 Å². The van der Waals surface area contributed by atoms with Gasteiger partial charge in [-0.05, 0) is 37.6 Å². The summed E-state index contributed by atoms with van der Waals surface area (Å²) in [7, 11) is 0. The minimum Gasteiger partial charge on any atom is -0.378 e. The molecular formula is C20H27N3O4. The molecule has 2 amide bonds. The topological polar surface area (TPSA) is 71.1 Å². The fraction of sp³-hybridized carbons (Fsp3) is 0.600. The summed E-state index contributed by atoms with van der Waals surface area (Å²) in [6.45, 7) is 7.01. The fourth-order valence-electron chi connectivity index (χ4n) is 4.13. The van der Waals surface area contributed by atoms with Gasteiger partial charge in [-0.25, -0.2) is 0 Å². The number of hydrogen-bond donors (Lipinski definition) is 1. The monoisotopic (exact) mass is 373 g/mol. The zero-order valence-electron chi connectivity index (χ0n) is 15.7. The molecule has 7 nitrogen and oxygen atoms in total. The smallest absolute Gasteiger partial charge is 0.254 e. The zero-order valence-corrected chi connectivity index (χ0v) is 15.7. The molecule has 0 radical (unpaired) electrons. The third-order valence-corrected chi connectivity index (χ3v) is 5.62. The Morgan fingerprint density at radius 3 is 2.52 bits per heavy atom. The molecule has 3 atom stereocenters. The first-order chi connectivity index (χ1) is 13.1. The largest absolute Gasteiger partial charge is 0.378 e. The lowest BCUT2D eigenvalue weighted by atomic mass is 10.1. The second kappa shape index (κ2) is 7.96. The van der Waals surface area contributed by atoms with E-state index >= 15 is 0 Å². The van der Waals surface area contributed by atoms with Crippen molar-refractivity contribution < 1.29 is 19.1 Å². The lowest BCUT2D eigenvalue weighted by Gasteiger charge is -2.33. The number of fused-ring (bicyclic) bond motifs is 1. The number of carbonyl (C=O) groups is 2. The quantitative estimate of drug-likeness (QED) is 0.847. The molecule has 1 aromatic rings. The number of morpholine rings is 2. The van der Waals surface area contributed by atoms with Gasteiger partial charge in [0.05, 0.1) is 25.9 Å². The summed E-state index contributed by atoms with van der Waals surface area (Å²) in [4.78, 5) is 29.3. The molecule has 3 fully saturated rings. The van der Waals surface area contributed by atoms with Crippen molar-refractivity contribution in [1.29, 1.82) is 0 Å². The molecule has 4 rings (SSSR count). The van der Waals surface area contributed by atoms with Gasteiger partial charge in [-0.1, -0.05) is 0 Å². The third kappa shape index (κ3) is 4.15. The standard InChI is InChI=1S/C20H27N3O4/c1-14-11-23-12-17(10-18(23)13-27-14)21-19(24)15-2-4-16(5-3-15)20(25)22-6-8-26-9-7-22/h2-5,14,17-18H,6-13H2,1H3,(H,21,24)/t14-,17+,18-/m0/s1. The Hall–Kier alpha value is -1.96. The van der Waals surface area contributed by atoms with Gasteiger partial charge in [0.25, 0.3) is 11.8 Å². The number of amides is 2. The first kappa shape index (κ1) is 18.4. The summed E-state index contributed by atoms with van der Waals surface area (Å²) < 4.78 is 11.0. The van der Waals surface area contributed by atoms with E-state index in [1.54, 1.807) is 29.2 Å². The van der Waals surface area contributed by atoms with Crippen LogP contribution in [0.2, 0.25) is 0 Å². The molecule has 3 heterocycles. The molecule has 1 aromatic carbocycles. The number of rotatable bonds is 3. The van der Waals surface area contributed by atoms with Crippen LogP contribution < -0.4 is 5.32 Å². The predicted molar refractivity (Wildman–Crippen MR) is 99.8 cm³/mol. The Morgan fingerprint density at radius 2 is 1.78 bits per heavy atom. The summed E-state index contributed by atoms with van der Waals surface area (Å²) >= 11 is 0. The maximum absolute atomic E-state index is 12.6. The molecule has 0 bridgehead atoms. The van der Waals surface area contributed by atoms with Crippen LogP contribution in [-0.2, 0) is 9.47 Å². The number of nitrogens with one attached hydrogen (secondary N) is 1. The molecular weight excluding hydrogens is 346 g/mol. The van der Waals surface area contributed by atoms with Crippen LogP contribution >= 0.6 is 0 Å². The van der Waals surface area contributed by atoms with Crippen LogP contribution in [0.3, 0.4) is 0 Å². The highest BCUT2D eigenvalue weighted by Gasteiger charge is 2.36. The van der Waals surface area contributed by atoms with E-state index in [0.717, 1.165) is 26.1 Å². The molecule has 3 aliphatic rings. The van der Waals surface area contributed by atoms with Crippen LogP contribution in [0.15, 0.2) is 24.3 Å². The fourth-order valence-corrected chi connectivity index (χ4v) is 4.13. The Labute approximate surface area is 159 Å². The van der Waals surface area contributed by atoms with E-state index in [1.165, 1.54) is 0 Å². The highest BCUT2D eigenvalue weighted by atomic mass is 16.5. The number of nitrogens with zero attached hydrogens (tertiary/aromatic N) is 2. The number of hydrogen-bond acceptors (Lipinski definition) is 5. The van der Waals surface area contributed by atoms with E-state index in [9.17, 15) is 9.59 Å². The first-order valence-corrected chi connectivity index (χ1v) is 9.74. The molecule has 0 unspecified atom stereocenters. The third-order valence-electron chi connectivity index (χ3n) is 5.62. The summed E-state index contributed by atoms with van der Waals surface area (Å²) in [5.74, 6) is -0.0915. The molecule has 1 N–H and O–H groups in total. The van der Waals surface area contributed by atoms with Crippen LogP contribution in [0, 0.1) is 0 Å². The molecule has 7 heteroatoms. The van der Waals surface area contributed by atoms with Gasteiger partial charge in [0.1, 0.15) is 0 Å². The van der Waals surface area contributed by atoms with Crippen molar-refractivity contribution in [2.24, 2.45) is 0 Å². The van der Waals surface area contributed by atoms with Crippen molar-refractivity contribution in [3.05, 3.63) is 35.4 Å². The predicted octanol–water partition coefficient (Wildman–Crippen LogP) is 0.750. The Kier molecular flexibility index (Phi) is 5.43. The molecule has 27 heavy (non-hydrogen) atoms. The average molecular weight is 373 g/mol. The normalized spacial score (nSPS) is 28.6. The van der Waals surface area contributed by atoms with Crippen LogP contribution in [0.1, 0.15) is 34.1 Å². The van der Waals surface area contributed by atoms with Crippen molar-refractivity contribution in [1.82, 2.24) is 15.1 Å². The van der Waals surface area contributed by atoms with Crippen LogP contribution in [-0.4, -0.2) is 85.8 Å². The Morgan fingerprint density at radius 1 is 1.07 bits per heavy atom. The van der Waals surface area contributed by atoms with E-state index in [-0.39, 0.29) is 24.0 Å². The molecule has 0 aromatic heterocycles. The summed E-state index contributed by atoms with van der Waals surface area (Å²) in [6.07, 6.45) is 1.18. The Balaban J connectivity index is 1.33. The molecule has 0 aliphatic carbocycles. The van der Waals surface area contributed by atoms with Gasteiger partial charge in [0.15, 0.2) is 0 Å². The minimum atomic E-state index is -0.0841. The highest BCUT2D eigenvalue weighted by molar-refractivity contribution is 5.98. The van der Waals surface area contributed by atoms with E-state index in [0.29, 0.717) is 43.5 Å². The molecule has 0 spiro atoms. The van der Waals surface area contributed by atoms with Gasteiger partial charge >= 0.3 is 0 Å². The highest BCUT2D eigenvalue weighted by Crippen LogP contribution is 2.23. The van der Waals surface area contributed by atoms with Crippen LogP contribution in [0.4, 0.5) is 0 Å². The second-order valence-corrected chi connectivity index (χ2v) is 7.64. The Bertz CT molecular complexity index is 687. The van der Waals surface area contributed by atoms with E-state index in [1.807, 2.05) is 0 Å². The van der Waals surface area contributed by atoms with Gasteiger partial charge in [0.2, 0.25) is 0 Å². The number of benzene rings is 1. The van der Waals surface area contributed by atoms with E-state index in [4.69, 9.17) is 9.47 Å². The van der Waals surface area contributed by atoms with Crippen molar-refractivity contribution in [2.75, 3.05) is 46.0 Å². The first-order valence-electron chi connectivity index (χ1n) is 9.74. The van der Waals surface area contributed by atoms with Gasteiger partial charge in [-0.3, -0.25) is 14.5 Å². The van der Waals surface area contributed by atoms with Gasteiger partial charge in [0, 0.05) is 49.4 Å². The molecule has 3 aliphatic heterocycles. The number of ether oxygens (including phenoxy) is 2. The maximum atomic E-state index is 12.6. The lowest BCUT2D eigenvalue weighted by Crippen LogP contribution is -2.45. The van der Waals surface area contributed by atoms with Gasteiger partial charge in [-0.2, -0.15) is 0 Å². The van der Waals surface area contributed by atoms with Crippen molar-refractivity contribution >= 4 is 11.8 Å². The van der Waals surface area contributed by atoms with Crippen molar-refractivity contribution in [2.45, 2.75) is 31.5 Å². The zero-order chi connectivity index (χ0) is 18.8. The summed E-state index contributed by atoms with van der Waals surface area (Å²) in [6, 6.07) is 7.49. The maximum Gasteiger partial charge on any atom is 0.254 e. The van der Waals surface area contributed by atoms with Crippen LogP contribution in [0.5, 0.6) is 0 Å². The molecule has 146 valence electrons. The molecule has 0 saturated carbocycles. The minimum absolute atomic E-state index is 0.00736. The van der Waals surface area contributed by atoms with E-state index in [2.05, 4.69) is 17.1 Å². The van der Waals surface area contributed by atoms with Gasteiger partial charge < -0.3 is 19.7 Å². The van der Waals surface area contributed by atoms with Crippen LogP contribution in [0.25, 0.3) is 0 Å². The van der Waals surface area contributed by atoms with Crippen molar-refractivity contribution in [3.63, 3.8) is 0 Å². The second-order valence-electron chi connectivity index (χ2n) is 7.64. The summed E-state index contributed by atoms with van der Waals surface area (Å²) in [5, 5.41) is 3.13. The average Bonchev–Trinajstić information content (AvgIpc) is 3.09. The SMILES string of the molecule is C[C@H]1CN2C[C@H](NC(=O)c3ccc(C(=O)N4CCOCC4)cc3)C[C@H]2CO1. The molecule has 3 saturated heterocycles. The lowest BCUT2D eigenvalue weighted by molar-refractivity contribution is -0.0390. The van der Waals surface area contributed by atoms with Gasteiger partial charge in [-0.15, -0.1) is 0 Å². The summed E-state index contributed by atoms with van der Waals surface area (Å²) in [5.41, 5.74) is 1.20. The van der Waals surface area contributed by atoms with E-state index < -0.39 is 0 Å². The number of carbonyl (C=O) groups excluding carboxylic acids is 2.